The van der Waals surface area contributed by atoms with E-state index in [4.69, 9.17) is 10.5 Å². The summed E-state index contributed by atoms with van der Waals surface area (Å²) < 4.78 is 7.33. The van der Waals surface area contributed by atoms with Crippen LogP contribution >= 0.6 is 31.9 Å². The first-order valence-corrected chi connectivity index (χ1v) is 6.50. The number of ether oxygens (including phenoxy) is 1. The van der Waals surface area contributed by atoms with Gasteiger partial charge >= 0.3 is 0 Å². The molecule has 0 spiro atoms. The number of aromatic nitrogens is 1. The smallest absolute Gasteiger partial charge is 0.233 e. The highest BCUT2D eigenvalue weighted by molar-refractivity contribution is 9.11. The number of benzene rings is 1. The van der Waals surface area contributed by atoms with Crippen LogP contribution in [0.4, 0.5) is 5.69 Å². The maximum atomic E-state index is 5.93. The van der Waals surface area contributed by atoms with Crippen LogP contribution in [0.3, 0.4) is 0 Å². The minimum Gasteiger partial charge on any atom is -0.436 e. The highest BCUT2D eigenvalue weighted by Crippen LogP contribution is 2.33. The first kappa shape index (κ1) is 12.4. The van der Waals surface area contributed by atoms with Crippen LogP contribution in [-0.4, -0.2) is 4.98 Å². The van der Waals surface area contributed by atoms with Gasteiger partial charge < -0.3 is 10.5 Å². The van der Waals surface area contributed by atoms with Crippen molar-refractivity contribution in [3.05, 3.63) is 45.0 Å². The van der Waals surface area contributed by atoms with E-state index in [9.17, 15) is 0 Å². The van der Waals surface area contributed by atoms with Gasteiger partial charge in [0.2, 0.25) is 5.88 Å². The molecule has 0 radical (unpaired) electrons. The Morgan fingerprint density at radius 1 is 1.29 bits per heavy atom. The first-order chi connectivity index (χ1) is 8.08. The van der Waals surface area contributed by atoms with Crippen LogP contribution in [0.5, 0.6) is 11.6 Å². The van der Waals surface area contributed by atoms with Gasteiger partial charge in [-0.2, -0.15) is 0 Å². The summed E-state index contributed by atoms with van der Waals surface area (Å²) in [7, 11) is 0. The predicted molar refractivity (Wildman–Crippen MR) is 75.3 cm³/mol. The van der Waals surface area contributed by atoms with Crippen molar-refractivity contribution in [2.24, 2.45) is 0 Å². The fourth-order valence-corrected chi connectivity index (χ4v) is 2.39. The van der Waals surface area contributed by atoms with E-state index in [1.54, 1.807) is 6.20 Å². The van der Waals surface area contributed by atoms with E-state index in [0.717, 1.165) is 14.5 Å². The molecule has 0 aliphatic rings. The minimum atomic E-state index is 0.491. The van der Waals surface area contributed by atoms with Gasteiger partial charge in [-0.1, -0.05) is 12.1 Å². The Morgan fingerprint density at radius 3 is 2.76 bits per heavy atom. The van der Waals surface area contributed by atoms with Gasteiger partial charge in [-0.3, -0.25) is 0 Å². The third-order valence-electron chi connectivity index (χ3n) is 2.26. The second kappa shape index (κ2) is 5.06. The van der Waals surface area contributed by atoms with Gasteiger partial charge in [0.25, 0.3) is 0 Å². The van der Waals surface area contributed by atoms with Crippen LogP contribution in [0.1, 0.15) is 5.56 Å². The Balaban J connectivity index is 2.35. The van der Waals surface area contributed by atoms with Gasteiger partial charge in [0, 0.05) is 10.7 Å². The molecule has 0 amide bonds. The third-order valence-corrected chi connectivity index (χ3v) is 3.27. The standard InChI is InChI=1S/C12H10Br2N2O/c1-7-3-2-4-10(11(7)15)17-12-9(14)5-8(13)6-16-12/h2-6H,15H2,1H3. The number of nitrogens with two attached hydrogens (primary N) is 1. The molecule has 0 aliphatic carbocycles. The van der Waals surface area contributed by atoms with Crippen molar-refractivity contribution in [1.82, 2.24) is 4.98 Å². The maximum Gasteiger partial charge on any atom is 0.233 e. The number of nitrogens with zero attached hydrogens (tertiary/aromatic N) is 1. The zero-order chi connectivity index (χ0) is 12.4. The van der Waals surface area contributed by atoms with Crippen LogP contribution in [0.25, 0.3) is 0 Å². The van der Waals surface area contributed by atoms with Gasteiger partial charge in [0.05, 0.1) is 10.2 Å². The number of aryl methyl sites for hydroxylation is 1. The Hall–Kier alpha value is -1.07. The number of para-hydroxylation sites is 1. The van der Waals surface area contributed by atoms with Crippen molar-refractivity contribution in [3.63, 3.8) is 0 Å². The number of anilines is 1. The molecule has 0 saturated carbocycles. The van der Waals surface area contributed by atoms with E-state index < -0.39 is 0 Å². The molecule has 1 aromatic heterocycles. The molecule has 2 rings (SSSR count). The minimum absolute atomic E-state index is 0.491. The highest BCUT2D eigenvalue weighted by Gasteiger charge is 2.08. The lowest BCUT2D eigenvalue weighted by Crippen LogP contribution is -1.96. The number of hydrogen-bond donors (Lipinski definition) is 1. The Labute approximate surface area is 116 Å². The molecule has 0 bridgehead atoms. The van der Waals surface area contributed by atoms with Crippen molar-refractivity contribution in [1.29, 1.82) is 0 Å². The van der Waals surface area contributed by atoms with Crippen LogP contribution in [0, 0.1) is 6.92 Å². The number of rotatable bonds is 2. The molecule has 0 fully saturated rings. The normalized spacial score (nSPS) is 10.3. The van der Waals surface area contributed by atoms with Crippen LogP contribution < -0.4 is 10.5 Å². The maximum absolute atomic E-state index is 5.93. The fourth-order valence-electron chi connectivity index (χ4n) is 1.32. The van der Waals surface area contributed by atoms with Gasteiger partial charge in [0.15, 0.2) is 5.75 Å². The second-order valence-electron chi connectivity index (χ2n) is 3.53. The predicted octanol–water partition coefficient (Wildman–Crippen LogP) is 4.29. The summed E-state index contributed by atoms with van der Waals surface area (Å²) in [5.41, 5.74) is 7.54. The quantitative estimate of drug-likeness (QED) is 0.815. The number of pyridine rings is 1. The summed E-state index contributed by atoms with van der Waals surface area (Å²) in [6.07, 6.45) is 1.67. The van der Waals surface area contributed by atoms with Crippen molar-refractivity contribution in [3.8, 4) is 11.6 Å². The van der Waals surface area contributed by atoms with E-state index in [0.29, 0.717) is 17.3 Å². The molecule has 5 heteroatoms. The summed E-state index contributed by atoms with van der Waals surface area (Å²) in [6, 6.07) is 7.52. The monoisotopic (exact) mass is 356 g/mol. The zero-order valence-corrected chi connectivity index (χ0v) is 12.2. The number of nitrogen functional groups attached to an aromatic ring is 1. The molecule has 3 nitrogen and oxygen atoms in total. The van der Waals surface area contributed by atoms with E-state index in [1.165, 1.54) is 0 Å². The number of hydrogen-bond acceptors (Lipinski definition) is 3. The summed E-state index contributed by atoms with van der Waals surface area (Å²) in [5.74, 6) is 1.10. The third kappa shape index (κ3) is 2.79. The molecule has 2 aromatic rings. The van der Waals surface area contributed by atoms with E-state index >= 15 is 0 Å². The van der Waals surface area contributed by atoms with Crippen LogP contribution in [0.15, 0.2) is 39.4 Å². The summed E-state index contributed by atoms with van der Waals surface area (Å²) in [5, 5.41) is 0. The molecule has 0 aliphatic heterocycles. The van der Waals surface area contributed by atoms with Crippen LogP contribution in [-0.2, 0) is 0 Å². The highest BCUT2D eigenvalue weighted by atomic mass is 79.9. The van der Waals surface area contributed by atoms with Crippen LogP contribution in [0.2, 0.25) is 0 Å². The Morgan fingerprint density at radius 2 is 2.06 bits per heavy atom. The second-order valence-corrected chi connectivity index (χ2v) is 5.30. The van der Waals surface area contributed by atoms with Crippen molar-refractivity contribution >= 4 is 37.5 Å². The molecule has 2 N–H and O–H groups in total. The molecule has 17 heavy (non-hydrogen) atoms. The van der Waals surface area contributed by atoms with Crippen molar-refractivity contribution in [2.45, 2.75) is 6.92 Å². The fraction of sp³-hybridized carbons (Fsp3) is 0.0833. The molecule has 1 heterocycles. The van der Waals surface area contributed by atoms with E-state index in [1.807, 2.05) is 31.2 Å². The first-order valence-electron chi connectivity index (χ1n) is 4.92. The topological polar surface area (TPSA) is 48.1 Å². The number of halogens is 2. The molecule has 0 atom stereocenters. The van der Waals surface area contributed by atoms with Crippen molar-refractivity contribution < 1.29 is 4.74 Å². The van der Waals surface area contributed by atoms with Gasteiger partial charge in [-0.05, 0) is 56.5 Å². The summed E-state index contributed by atoms with van der Waals surface area (Å²) >= 11 is 6.72. The molecule has 0 saturated heterocycles. The average Bonchev–Trinajstić information content (AvgIpc) is 2.28. The molecular weight excluding hydrogens is 348 g/mol. The van der Waals surface area contributed by atoms with E-state index in [-0.39, 0.29) is 0 Å². The summed E-state index contributed by atoms with van der Waals surface area (Å²) in [6.45, 7) is 1.94. The largest absolute Gasteiger partial charge is 0.436 e. The van der Waals surface area contributed by atoms with Gasteiger partial charge in [0.1, 0.15) is 0 Å². The molecular formula is C12H10Br2N2O. The molecule has 88 valence electrons. The van der Waals surface area contributed by atoms with Gasteiger partial charge in [-0.25, -0.2) is 4.98 Å². The van der Waals surface area contributed by atoms with E-state index in [2.05, 4.69) is 36.8 Å². The summed E-state index contributed by atoms with van der Waals surface area (Å²) in [4.78, 5) is 4.17. The Bertz CT molecular complexity index is 558. The molecule has 1 aromatic carbocycles. The average molecular weight is 358 g/mol. The lowest BCUT2D eigenvalue weighted by Gasteiger charge is -2.10. The van der Waals surface area contributed by atoms with Gasteiger partial charge in [-0.15, -0.1) is 0 Å². The Kier molecular flexibility index (Phi) is 3.69. The SMILES string of the molecule is Cc1cccc(Oc2ncc(Br)cc2Br)c1N. The lowest BCUT2D eigenvalue weighted by atomic mass is 10.2. The van der Waals surface area contributed by atoms with Crippen molar-refractivity contribution in [2.75, 3.05) is 5.73 Å². The lowest BCUT2D eigenvalue weighted by molar-refractivity contribution is 0.461. The zero-order valence-electron chi connectivity index (χ0n) is 9.08. The molecule has 0 unspecified atom stereocenters.